The molecule has 4 rings (SSSR count). The molecule has 2 aromatic heterocycles. The Labute approximate surface area is 164 Å². The SMILES string of the molecule is Cc1cnc(Nc2ccc(-c3cnc(C4CCCCC4)s3)c(S(=O)[O-])c2)[nH]1. The van der Waals surface area contributed by atoms with E-state index >= 15 is 0 Å². The summed E-state index contributed by atoms with van der Waals surface area (Å²) in [4.78, 5) is 13.0. The first-order valence-electron chi connectivity index (χ1n) is 9.08. The normalized spacial score (nSPS) is 16.4. The number of nitrogens with one attached hydrogen (secondary N) is 2. The van der Waals surface area contributed by atoms with Crippen LogP contribution in [0.5, 0.6) is 0 Å². The minimum absolute atomic E-state index is 0.266. The van der Waals surface area contributed by atoms with Crippen molar-refractivity contribution in [3.05, 3.63) is 41.3 Å². The molecule has 3 aromatic rings. The molecule has 27 heavy (non-hydrogen) atoms. The Bertz CT molecular complexity index is 960. The van der Waals surface area contributed by atoms with Crippen LogP contribution in [0.15, 0.2) is 35.5 Å². The van der Waals surface area contributed by atoms with Gasteiger partial charge in [-0.3, -0.25) is 4.21 Å². The number of H-pyrrole nitrogens is 1. The quantitative estimate of drug-likeness (QED) is 0.595. The van der Waals surface area contributed by atoms with E-state index < -0.39 is 11.1 Å². The fourth-order valence-corrected chi connectivity index (χ4v) is 5.28. The molecule has 0 amide bonds. The lowest BCUT2D eigenvalue weighted by molar-refractivity contribution is 0.442. The highest BCUT2D eigenvalue weighted by molar-refractivity contribution is 7.79. The highest BCUT2D eigenvalue weighted by Gasteiger charge is 2.20. The molecular weight excluding hydrogens is 380 g/mol. The van der Waals surface area contributed by atoms with E-state index in [2.05, 4.69) is 20.3 Å². The standard InChI is InChI=1S/C19H22N4O2S2/c1-12-10-21-19(22-12)23-14-7-8-15(17(9-14)27(24)25)16-11-20-18(26-16)13-5-3-2-4-6-13/h7-11,13H,2-6H2,1H3,(H,24,25)(H2,21,22,23)/p-1. The molecule has 6 nitrogen and oxygen atoms in total. The molecular formula is C19H21N4O2S2-. The summed E-state index contributed by atoms with van der Waals surface area (Å²) in [5.41, 5.74) is 2.30. The number of thiazole rings is 1. The van der Waals surface area contributed by atoms with E-state index in [9.17, 15) is 8.76 Å². The van der Waals surface area contributed by atoms with E-state index in [4.69, 9.17) is 0 Å². The van der Waals surface area contributed by atoms with Crippen LogP contribution in [0.25, 0.3) is 10.4 Å². The fraction of sp³-hybridized carbons (Fsp3) is 0.368. The van der Waals surface area contributed by atoms with Gasteiger partial charge in [-0.1, -0.05) is 25.3 Å². The van der Waals surface area contributed by atoms with Crippen molar-refractivity contribution >= 4 is 34.1 Å². The maximum Gasteiger partial charge on any atom is 0.204 e. The van der Waals surface area contributed by atoms with Gasteiger partial charge in [0.1, 0.15) is 0 Å². The zero-order chi connectivity index (χ0) is 18.8. The lowest BCUT2D eigenvalue weighted by atomic mass is 9.90. The number of aromatic nitrogens is 3. The van der Waals surface area contributed by atoms with Gasteiger partial charge in [-0.2, -0.15) is 0 Å². The zero-order valence-electron chi connectivity index (χ0n) is 15.0. The summed E-state index contributed by atoms with van der Waals surface area (Å²) >= 11 is -0.727. The highest BCUT2D eigenvalue weighted by Crippen LogP contribution is 2.39. The molecule has 1 aliphatic carbocycles. The van der Waals surface area contributed by atoms with E-state index in [1.807, 2.05) is 25.3 Å². The maximum absolute atomic E-state index is 11.8. The van der Waals surface area contributed by atoms with Crippen LogP contribution in [-0.2, 0) is 11.1 Å². The summed E-state index contributed by atoms with van der Waals surface area (Å²) in [6.45, 7) is 1.91. The number of aromatic amines is 1. The van der Waals surface area contributed by atoms with E-state index in [0.717, 1.165) is 15.6 Å². The molecule has 1 aromatic carbocycles. The highest BCUT2D eigenvalue weighted by atomic mass is 32.2. The van der Waals surface area contributed by atoms with Crippen molar-refractivity contribution in [2.45, 2.75) is 49.8 Å². The lowest BCUT2D eigenvalue weighted by Gasteiger charge is -2.19. The number of imidazole rings is 1. The van der Waals surface area contributed by atoms with Crippen molar-refractivity contribution in [3.63, 3.8) is 0 Å². The summed E-state index contributed by atoms with van der Waals surface area (Å²) in [5, 5.41) is 4.23. The van der Waals surface area contributed by atoms with Crippen molar-refractivity contribution in [1.29, 1.82) is 0 Å². The third-order valence-electron chi connectivity index (χ3n) is 4.87. The van der Waals surface area contributed by atoms with Gasteiger partial charge in [0.05, 0.1) is 9.88 Å². The second kappa shape index (κ2) is 7.92. The molecule has 0 bridgehead atoms. The Balaban J connectivity index is 1.62. The number of aryl methyl sites for hydroxylation is 1. The van der Waals surface area contributed by atoms with Crippen LogP contribution in [0.2, 0.25) is 0 Å². The Morgan fingerprint density at radius 1 is 1.22 bits per heavy atom. The monoisotopic (exact) mass is 401 g/mol. The van der Waals surface area contributed by atoms with E-state index in [1.165, 1.54) is 32.1 Å². The van der Waals surface area contributed by atoms with Gasteiger partial charge in [0.2, 0.25) is 5.95 Å². The first-order valence-corrected chi connectivity index (χ1v) is 11.0. The second-order valence-electron chi connectivity index (χ2n) is 6.88. The molecule has 142 valence electrons. The van der Waals surface area contributed by atoms with Gasteiger partial charge in [-0.05, 0) is 43.0 Å². The van der Waals surface area contributed by atoms with Crippen molar-refractivity contribution in [2.75, 3.05) is 5.32 Å². The Morgan fingerprint density at radius 3 is 2.74 bits per heavy atom. The van der Waals surface area contributed by atoms with Crippen LogP contribution in [0.1, 0.15) is 48.7 Å². The Hall–Kier alpha value is -2.03. The Kier molecular flexibility index (Phi) is 5.38. The third-order valence-corrected chi connectivity index (χ3v) is 6.76. The van der Waals surface area contributed by atoms with Gasteiger partial charge >= 0.3 is 0 Å². The predicted molar refractivity (Wildman–Crippen MR) is 107 cm³/mol. The van der Waals surface area contributed by atoms with Crippen LogP contribution in [0.3, 0.4) is 0 Å². The van der Waals surface area contributed by atoms with Gasteiger partial charge in [-0.15, -0.1) is 11.3 Å². The molecule has 0 saturated heterocycles. The summed E-state index contributed by atoms with van der Waals surface area (Å²) in [7, 11) is 0. The predicted octanol–water partition coefficient (Wildman–Crippen LogP) is 4.87. The van der Waals surface area contributed by atoms with Crippen molar-refractivity contribution in [3.8, 4) is 10.4 Å². The number of nitrogens with zero attached hydrogens (tertiary/aromatic N) is 2. The van der Waals surface area contributed by atoms with Crippen molar-refractivity contribution in [1.82, 2.24) is 15.0 Å². The number of hydrogen-bond acceptors (Lipinski definition) is 6. The molecule has 0 aliphatic heterocycles. The third kappa shape index (κ3) is 4.12. The number of benzene rings is 1. The largest absolute Gasteiger partial charge is 0.768 e. The van der Waals surface area contributed by atoms with Crippen LogP contribution in [0.4, 0.5) is 11.6 Å². The number of rotatable bonds is 5. The molecule has 2 heterocycles. The molecule has 1 atom stereocenters. The zero-order valence-corrected chi connectivity index (χ0v) is 16.7. The van der Waals surface area contributed by atoms with Crippen molar-refractivity contribution in [2.24, 2.45) is 0 Å². The molecule has 8 heteroatoms. The average Bonchev–Trinajstić information content (AvgIpc) is 3.32. The summed E-state index contributed by atoms with van der Waals surface area (Å²) in [5.74, 6) is 1.10. The molecule has 1 unspecified atom stereocenters. The minimum Gasteiger partial charge on any atom is -0.768 e. The second-order valence-corrected chi connectivity index (χ2v) is 8.85. The molecule has 2 N–H and O–H groups in total. The van der Waals surface area contributed by atoms with Crippen LogP contribution in [-0.4, -0.2) is 23.7 Å². The topological polar surface area (TPSA) is 93.7 Å². The van der Waals surface area contributed by atoms with Gasteiger partial charge < -0.3 is 14.9 Å². The maximum atomic E-state index is 11.8. The van der Waals surface area contributed by atoms with Crippen LogP contribution in [0, 0.1) is 6.92 Å². The number of anilines is 2. The minimum atomic E-state index is -2.34. The van der Waals surface area contributed by atoms with Gasteiger partial charge in [0.25, 0.3) is 0 Å². The first kappa shape index (κ1) is 18.3. The molecule has 1 fully saturated rings. The molecule has 0 spiro atoms. The Morgan fingerprint density at radius 2 is 2.04 bits per heavy atom. The molecule has 0 radical (unpaired) electrons. The van der Waals surface area contributed by atoms with Crippen molar-refractivity contribution < 1.29 is 8.76 Å². The molecule has 1 aliphatic rings. The van der Waals surface area contributed by atoms with Gasteiger partial charge in [-0.25, -0.2) is 9.97 Å². The fourth-order valence-electron chi connectivity index (χ4n) is 3.50. The summed E-state index contributed by atoms with van der Waals surface area (Å²) in [6.07, 6.45) is 9.69. The first-order chi connectivity index (χ1) is 13.1. The van der Waals surface area contributed by atoms with E-state index in [1.54, 1.807) is 23.6 Å². The summed E-state index contributed by atoms with van der Waals surface area (Å²) < 4.78 is 23.7. The lowest BCUT2D eigenvalue weighted by Crippen LogP contribution is -2.03. The molecule has 1 saturated carbocycles. The number of hydrogen-bond donors (Lipinski definition) is 2. The van der Waals surface area contributed by atoms with Crippen LogP contribution < -0.4 is 5.32 Å². The van der Waals surface area contributed by atoms with Crippen LogP contribution >= 0.6 is 11.3 Å². The smallest absolute Gasteiger partial charge is 0.204 e. The average molecular weight is 402 g/mol. The van der Waals surface area contributed by atoms with E-state index in [0.29, 0.717) is 23.1 Å². The summed E-state index contributed by atoms with van der Waals surface area (Å²) in [6, 6.07) is 5.33. The van der Waals surface area contributed by atoms with Gasteiger partial charge in [0, 0.05) is 40.2 Å². The van der Waals surface area contributed by atoms with Gasteiger partial charge in [0.15, 0.2) is 0 Å². The van der Waals surface area contributed by atoms with E-state index in [-0.39, 0.29) is 4.90 Å².